The van der Waals surface area contributed by atoms with Crippen molar-refractivity contribution in [1.82, 2.24) is 0 Å². The Hall–Kier alpha value is -0.560. The Morgan fingerprint density at radius 3 is 2.39 bits per heavy atom. The lowest BCUT2D eigenvalue weighted by molar-refractivity contribution is -0.0421. The smallest absolute Gasteiger partial charge is 0.175 e. The van der Waals surface area contributed by atoms with Crippen molar-refractivity contribution in [2.75, 3.05) is 25.2 Å². The van der Waals surface area contributed by atoms with Crippen molar-refractivity contribution < 1.29 is 17.9 Å². The Balaban J connectivity index is 1.83. The van der Waals surface area contributed by atoms with Crippen LogP contribution in [0.15, 0.2) is 34.1 Å². The monoisotopic (exact) mass is 288 g/mol. The highest BCUT2D eigenvalue weighted by atomic mass is 32.2. The van der Waals surface area contributed by atoms with E-state index < -0.39 is 9.84 Å². The number of sulfone groups is 1. The second-order valence-electron chi connectivity index (χ2n) is 4.05. The fourth-order valence-corrected chi connectivity index (χ4v) is 3.13. The van der Waals surface area contributed by atoms with E-state index >= 15 is 0 Å². The maximum atomic E-state index is 11.3. The van der Waals surface area contributed by atoms with E-state index in [1.54, 1.807) is 23.9 Å². The Morgan fingerprint density at radius 2 is 1.83 bits per heavy atom. The van der Waals surface area contributed by atoms with Gasteiger partial charge in [0.1, 0.15) is 0 Å². The quantitative estimate of drug-likeness (QED) is 0.775. The highest BCUT2D eigenvalue weighted by molar-refractivity contribution is 7.99. The van der Waals surface area contributed by atoms with E-state index in [2.05, 4.69) is 0 Å². The molecule has 100 valence electrons. The zero-order valence-electron chi connectivity index (χ0n) is 10.2. The number of rotatable bonds is 5. The predicted octanol–water partition coefficient (Wildman–Crippen LogP) is 1.95. The van der Waals surface area contributed by atoms with Gasteiger partial charge in [-0.25, -0.2) is 8.42 Å². The summed E-state index contributed by atoms with van der Waals surface area (Å²) in [6.07, 6.45) is 1.98. The Bertz CT molecular complexity index is 475. The van der Waals surface area contributed by atoms with Crippen LogP contribution in [0.2, 0.25) is 0 Å². The second kappa shape index (κ2) is 6.06. The van der Waals surface area contributed by atoms with Crippen molar-refractivity contribution >= 4 is 21.6 Å². The van der Waals surface area contributed by atoms with Crippen molar-refractivity contribution in [1.29, 1.82) is 0 Å². The SMILES string of the molecule is CS(=O)(=O)c1ccc(SCCC2OCCO2)cc1. The summed E-state index contributed by atoms with van der Waals surface area (Å²) in [6.45, 7) is 1.36. The lowest BCUT2D eigenvalue weighted by Crippen LogP contribution is -2.08. The molecule has 0 unspecified atom stereocenters. The van der Waals surface area contributed by atoms with Crippen LogP contribution in [0.1, 0.15) is 6.42 Å². The molecule has 1 fully saturated rings. The molecule has 0 N–H and O–H groups in total. The van der Waals surface area contributed by atoms with Gasteiger partial charge in [-0.15, -0.1) is 11.8 Å². The van der Waals surface area contributed by atoms with E-state index in [0.717, 1.165) is 17.1 Å². The van der Waals surface area contributed by atoms with Crippen LogP contribution in [0.4, 0.5) is 0 Å². The van der Waals surface area contributed by atoms with Gasteiger partial charge in [0, 0.05) is 23.3 Å². The fraction of sp³-hybridized carbons (Fsp3) is 0.500. The van der Waals surface area contributed by atoms with Crippen molar-refractivity contribution in [3.05, 3.63) is 24.3 Å². The van der Waals surface area contributed by atoms with E-state index in [1.807, 2.05) is 12.1 Å². The molecule has 4 nitrogen and oxygen atoms in total. The summed E-state index contributed by atoms with van der Waals surface area (Å²) in [7, 11) is -3.10. The van der Waals surface area contributed by atoms with Crippen LogP contribution in [0.25, 0.3) is 0 Å². The summed E-state index contributed by atoms with van der Waals surface area (Å²) in [5, 5.41) is 0. The topological polar surface area (TPSA) is 52.6 Å². The molecule has 6 heteroatoms. The molecule has 0 aliphatic carbocycles. The molecular weight excluding hydrogens is 272 g/mol. The summed E-state index contributed by atoms with van der Waals surface area (Å²) in [6, 6.07) is 6.94. The maximum absolute atomic E-state index is 11.3. The van der Waals surface area contributed by atoms with Crippen molar-refractivity contribution in [2.24, 2.45) is 0 Å². The largest absolute Gasteiger partial charge is 0.350 e. The summed E-state index contributed by atoms with van der Waals surface area (Å²) < 4.78 is 33.3. The third kappa shape index (κ3) is 3.98. The highest BCUT2D eigenvalue weighted by Crippen LogP contribution is 2.22. The van der Waals surface area contributed by atoms with Gasteiger partial charge in [-0.3, -0.25) is 0 Å². The van der Waals surface area contributed by atoms with Gasteiger partial charge in [-0.05, 0) is 24.3 Å². The molecule has 0 radical (unpaired) electrons. The van der Waals surface area contributed by atoms with Crippen LogP contribution in [-0.4, -0.2) is 39.9 Å². The number of ether oxygens (including phenoxy) is 2. The minimum atomic E-state index is -3.10. The number of thioether (sulfide) groups is 1. The highest BCUT2D eigenvalue weighted by Gasteiger charge is 2.15. The molecule has 1 saturated heterocycles. The van der Waals surface area contributed by atoms with Gasteiger partial charge in [0.05, 0.1) is 18.1 Å². The summed E-state index contributed by atoms with van der Waals surface area (Å²) in [5.41, 5.74) is 0. The van der Waals surface area contributed by atoms with Crippen LogP contribution >= 0.6 is 11.8 Å². The summed E-state index contributed by atoms with van der Waals surface area (Å²) in [4.78, 5) is 1.41. The molecule has 1 aromatic rings. The minimum absolute atomic E-state index is 0.0761. The Kier molecular flexibility index (Phi) is 4.66. The van der Waals surface area contributed by atoms with Gasteiger partial charge in [0.2, 0.25) is 0 Å². The molecule has 18 heavy (non-hydrogen) atoms. The minimum Gasteiger partial charge on any atom is -0.350 e. The maximum Gasteiger partial charge on any atom is 0.175 e. The second-order valence-corrected chi connectivity index (χ2v) is 7.24. The average molecular weight is 288 g/mol. The Morgan fingerprint density at radius 1 is 1.22 bits per heavy atom. The molecule has 0 spiro atoms. The lowest BCUT2D eigenvalue weighted by Gasteiger charge is -2.08. The van der Waals surface area contributed by atoms with Crippen LogP contribution in [0, 0.1) is 0 Å². The van der Waals surface area contributed by atoms with Crippen LogP contribution in [-0.2, 0) is 19.3 Å². The molecule has 0 atom stereocenters. The molecule has 2 rings (SSSR count). The third-order valence-corrected chi connectivity index (χ3v) is 4.74. The normalized spacial score (nSPS) is 17.2. The van der Waals surface area contributed by atoms with E-state index in [9.17, 15) is 8.42 Å². The van der Waals surface area contributed by atoms with Gasteiger partial charge in [0.25, 0.3) is 0 Å². The number of hydrogen-bond acceptors (Lipinski definition) is 5. The van der Waals surface area contributed by atoms with Gasteiger partial charge in [-0.2, -0.15) is 0 Å². The fourth-order valence-electron chi connectivity index (χ4n) is 1.63. The predicted molar refractivity (Wildman–Crippen MR) is 70.6 cm³/mol. The zero-order valence-corrected chi connectivity index (χ0v) is 11.8. The molecule has 0 bridgehead atoms. The van der Waals surface area contributed by atoms with Crippen LogP contribution in [0.5, 0.6) is 0 Å². The van der Waals surface area contributed by atoms with Gasteiger partial charge >= 0.3 is 0 Å². The standard InChI is InChI=1S/C12H16O4S2/c1-18(13,14)11-4-2-10(3-5-11)17-9-6-12-15-7-8-16-12/h2-5,12H,6-9H2,1H3. The molecule has 0 aromatic heterocycles. The van der Waals surface area contributed by atoms with Crippen molar-refractivity contribution in [3.63, 3.8) is 0 Å². The molecule has 0 saturated carbocycles. The summed E-state index contributed by atoms with van der Waals surface area (Å²) >= 11 is 1.67. The van der Waals surface area contributed by atoms with E-state index in [1.165, 1.54) is 6.26 Å². The molecule has 1 aliphatic heterocycles. The molecule has 1 heterocycles. The first-order valence-electron chi connectivity index (χ1n) is 5.72. The first-order chi connectivity index (χ1) is 8.55. The molecular formula is C12H16O4S2. The molecule has 0 amide bonds. The first kappa shape index (κ1) is 13.9. The van der Waals surface area contributed by atoms with Crippen LogP contribution in [0.3, 0.4) is 0 Å². The van der Waals surface area contributed by atoms with Gasteiger partial charge < -0.3 is 9.47 Å². The van der Waals surface area contributed by atoms with Gasteiger partial charge in [0.15, 0.2) is 16.1 Å². The number of benzene rings is 1. The Labute approximate surface area is 112 Å². The average Bonchev–Trinajstić information content (AvgIpc) is 2.82. The summed E-state index contributed by atoms with van der Waals surface area (Å²) in [5.74, 6) is 0.892. The molecule has 1 aliphatic rings. The van der Waals surface area contributed by atoms with E-state index in [0.29, 0.717) is 18.1 Å². The van der Waals surface area contributed by atoms with Crippen LogP contribution < -0.4 is 0 Å². The first-order valence-corrected chi connectivity index (χ1v) is 8.59. The number of hydrogen-bond donors (Lipinski definition) is 0. The van der Waals surface area contributed by atoms with Gasteiger partial charge in [-0.1, -0.05) is 0 Å². The lowest BCUT2D eigenvalue weighted by atomic mass is 10.4. The third-order valence-electron chi connectivity index (χ3n) is 2.56. The van der Waals surface area contributed by atoms with E-state index in [4.69, 9.17) is 9.47 Å². The van der Waals surface area contributed by atoms with Crippen molar-refractivity contribution in [2.45, 2.75) is 22.5 Å². The van der Waals surface area contributed by atoms with E-state index in [-0.39, 0.29) is 6.29 Å². The van der Waals surface area contributed by atoms with Crippen molar-refractivity contribution in [3.8, 4) is 0 Å². The zero-order chi connectivity index (χ0) is 13.0. The molecule has 1 aromatic carbocycles.